The molecule has 0 radical (unpaired) electrons. The van der Waals surface area contributed by atoms with Gasteiger partial charge in [-0.1, -0.05) is 12.1 Å². The number of hydrogen-bond acceptors (Lipinski definition) is 5. The highest BCUT2D eigenvalue weighted by Crippen LogP contribution is 2.35. The first kappa shape index (κ1) is 23.7. The Hall–Kier alpha value is -3.96. The van der Waals surface area contributed by atoms with E-state index in [-0.39, 0.29) is 18.7 Å². The fourth-order valence-electron chi connectivity index (χ4n) is 3.16. The predicted molar refractivity (Wildman–Crippen MR) is 111 cm³/mol. The maximum Gasteiger partial charge on any atom is 0.416 e. The van der Waals surface area contributed by atoms with Gasteiger partial charge in [0.15, 0.2) is 0 Å². The van der Waals surface area contributed by atoms with Crippen molar-refractivity contribution in [2.45, 2.75) is 18.6 Å². The summed E-state index contributed by atoms with van der Waals surface area (Å²) in [7, 11) is 1.73. The van der Waals surface area contributed by atoms with Crippen molar-refractivity contribution in [1.82, 2.24) is 14.9 Å². The Labute approximate surface area is 185 Å². The molecule has 1 atom stereocenters. The van der Waals surface area contributed by atoms with E-state index in [1.54, 1.807) is 24.0 Å². The van der Waals surface area contributed by atoms with Gasteiger partial charge in [0, 0.05) is 38.5 Å². The molecule has 0 saturated heterocycles. The minimum atomic E-state index is -4.72. The Morgan fingerprint density at radius 3 is 2.48 bits per heavy atom. The molecule has 3 aromatic rings. The van der Waals surface area contributed by atoms with E-state index in [1.807, 2.05) is 0 Å². The summed E-state index contributed by atoms with van der Waals surface area (Å²) in [5, 5.41) is 16.6. The second kappa shape index (κ2) is 9.67. The third kappa shape index (κ3) is 5.84. The number of halogens is 4. The molecule has 0 aliphatic heterocycles. The summed E-state index contributed by atoms with van der Waals surface area (Å²) in [6.07, 6.45) is -1.63. The number of hydrogen-bond donors (Lipinski definition) is 2. The van der Waals surface area contributed by atoms with Gasteiger partial charge in [0.05, 0.1) is 10.5 Å². The van der Waals surface area contributed by atoms with Gasteiger partial charge in [-0.25, -0.2) is 9.37 Å². The zero-order valence-electron chi connectivity index (χ0n) is 17.3. The van der Waals surface area contributed by atoms with Crippen LogP contribution in [-0.2, 0) is 18.0 Å². The number of anilines is 1. The van der Waals surface area contributed by atoms with E-state index < -0.39 is 40.1 Å². The number of carbonyl (C=O) groups excluding carboxylic acids is 1. The van der Waals surface area contributed by atoms with E-state index in [0.717, 1.165) is 12.1 Å². The Morgan fingerprint density at radius 1 is 1.21 bits per heavy atom. The molecule has 0 aliphatic rings. The molecule has 1 aromatic heterocycles. The molecule has 33 heavy (non-hydrogen) atoms. The number of benzene rings is 2. The lowest BCUT2D eigenvalue weighted by atomic mass is 10.1. The van der Waals surface area contributed by atoms with Crippen LogP contribution < -0.4 is 10.6 Å². The monoisotopic (exact) mass is 465 g/mol. The minimum absolute atomic E-state index is 0.0747. The van der Waals surface area contributed by atoms with Crippen molar-refractivity contribution >= 4 is 17.3 Å². The van der Waals surface area contributed by atoms with Crippen molar-refractivity contribution in [3.8, 4) is 0 Å². The standard InChI is InChI=1S/C21H19F4N5O3/c1-29-11-10-27-20(29)19(13-2-5-15(22)6-3-13)28-18(31)8-9-26-16-7-4-14(21(23,24)25)12-17(16)30(32)33/h2-7,10-12,19,26H,8-9H2,1H3,(H,28,31). The van der Waals surface area contributed by atoms with Crippen molar-refractivity contribution < 1.29 is 27.3 Å². The van der Waals surface area contributed by atoms with Gasteiger partial charge < -0.3 is 15.2 Å². The van der Waals surface area contributed by atoms with Gasteiger partial charge in [-0.05, 0) is 29.8 Å². The Balaban J connectivity index is 1.69. The quantitative estimate of drug-likeness (QED) is 0.295. The maximum atomic E-state index is 13.3. The van der Waals surface area contributed by atoms with Crippen molar-refractivity contribution in [2.24, 2.45) is 7.05 Å². The molecule has 2 N–H and O–H groups in total. The molecule has 1 heterocycles. The average molecular weight is 465 g/mol. The molecular formula is C21H19F4N5O3. The predicted octanol–water partition coefficient (Wildman–Crippen LogP) is 4.19. The SMILES string of the molecule is Cn1ccnc1C(NC(=O)CCNc1ccc(C(F)(F)F)cc1[N+](=O)[O-])c1ccc(F)cc1. The first-order valence-corrected chi connectivity index (χ1v) is 9.68. The van der Waals surface area contributed by atoms with E-state index in [4.69, 9.17) is 0 Å². The van der Waals surface area contributed by atoms with Crippen molar-refractivity contribution in [3.63, 3.8) is 0 Å². The first-order valence-electron chi connectivity index (χ1n) is 9.68. The summed E-state index contributed by atoms with van der Waals surface area (Å²) in [6.45, 7) is -0.0747. The first-order chi connectivity index (χ1) is 15.6. The van der Waals surface area contributed by atoms with Crippen LogP contribution in [-0.4, -0.2) is 26.9 Å². The zero-order valence-corrected chi connectivity index (χ0v) is 17.3. The molecule has 12 heteroatoms. The van der Waals surface area contributed by atoms with E-state index in [2.05, 4.69) is 15.6 Å². The molecule has 0 aliphatic carbocycles. The van der Waals surface area contributed by atoms with Crippen LogP contribution in [0.15, 0.2) is 54.9 Å². The number of imidazole rings is 1. The summed E-state index contributed by atoms with van der Waals surface area (Å²) in [6, 6.07) is 6.96. The molecular weight excluding hydrogens is 446 g/mol. The van der Waals surface area contributed by atoms with Crippen molar-refractivity contribution in [2.75, 3.05) is 11.9 Å². The number of aromatic nitrogens is 2. The lowest BCUT2D eigenvalue weighted by Crippen LogP contribution is -2.32. The maximum absolute atomic E-state index is 13.3. The van der Waals surface area contributed by atoms with Crippen LogP contribution in [0.25, 0.3) is 0 Å². The number of aryl methyl sites for hydroxylation is 1. The smallest absolute Gasteiger partial charge is 0.379 e. The van der Waals surface area contributed by atoms with E-state index >= 15 is 0 Å². The molecule has 0 saturated carbocycles. The molecule has 0 spiro atoms. The van der Waals surface area contributed by atoms with Gasteiger partial charge in [-0.2, -0.15) is 13.2 Å². The summed E-state index contributed by atoms with van der Waals surface area (Å²) in [4.78, 5) is 27.0. The average Bonchev–Trinajstić information content (AvgIpc) is 3.17. The summed E-state index contributed by atoms with van der Waals surface area (Å²) >= 11 is 0. The highest BCUT2D eigenvalue weighted by Gasteiger charge is 2.33. The van der Waals surface area contributed by atoms with Gasteiger partial charge in [0.1, 0.15) is 23.4 Å². The fraction of sp³-hybridized carbons (Fsp3) is 0.238. The number of carbonyl (C=O) groups is 1. The van der Waals surface area contributed by atoms with Gasteiger partial charge in [-0.3, -0.25) is 14.9 Å². The molecule has 3 rings (SSSR count). The van der Waals surface area contributed by atoms with Crippen LogP contribution >= 0.6 is 0 Å². The molecule has 1 unspecified atom stereocenters. The molecule has 0 bridgehead atoms. The van der Waals surface area contributed by atoms with E-state index in [1.165, 1.54) is 24.3 Å². The van der Waals surface area contributed by atoms with Crippen LogP contribution in [0.2, 0.25) is 0 Å². The van der Waals surface area contributed by atoms with Crippen LogP contribution in [0, 0.1) is 15.9 Å². The Morgan fingerprint density at radius 2 is 1.91 bits per heavy atom. The van der Waals surface area contributed by atoms with Crippen LogP contribution in [0.3, 0.4) is 0 Å². The molecule has 1 amide bonds. The minimum Gasteiger partial charge on any atom is -0.379 e. The number of amides is 1. The number of rotatable bonds is 8. The number of nitro benzene ring substituents is 1. The highest BCUT2D eigenvalue weighted by atomic mass is 19.4. The van der Waals surface area contributed by atoms with Gasteiger partial charge in [0.2, 0.25) is 5.91 Å². The fourth-order valence-corrected chi connectivity index (χ4v) is 3.16. The zero-order chi connectivity index (χ0) is 24.2. The lowest BCUT2D eigenvalue weighted by Gasteiger charge is -2.19. The highest BCUT2D eigenvalue weighted by molar-refractivity contribution is 5.77. The Kier molecular flexibility index (Phi) is 6.95. The normalized spacial score (nSPS) is 12.3. The number of alkyl halides is 3. The molecule has 8 nitrogen and oxygen atoms in total. The van der Waals surface area contributed by atoms with Crippen LogP contribution in [0.4, 0.5) is 28.9 Å². The van der Waals surface area contributed by atoms with Crippen LogP contribution in [0.5, 0.6) is 0 Å². The van der Waals surface area contributed by atoms with Crippen molar-refractivity contribution in [1.29, 1.82) is 0 Å². The number of nitrogens with zero attached hydrogens (tertiary/aromatic N) is 3. The summed E-state index contributed by atoms with van der Waals surface area (Å²) in [5.41, 5.74) is -1.44. The lowest BCUT2D eigenvalue weighted by molar-refractivity contribution is -0.384. The van der Waals surface area contributed by atoms with Crippen LogP contribution in [0.1, 0.15) is 29.4 Å². The molecule has 2 aromatic carbocycles. The van der Waals surface area contributed by atoms with E-state index in [9.17, 15) is 32.5 Å². The molecule has 174 valence electrons. The number of nitrogens with one attached hydrogen (secondary N) is 2. The largest absolute Gasteiger partial charge is 0.416 e. The van der Waals surface area contributed by atoms with Crippen molar-refractivity contribution in [3.05, 3.63) is 87.7 Å². The van der Waals surface area contributed by atoms with Gasteiger partial charge in [0.25, 0.3) is 5.69 Å². The second-order valence-corrected chi connectivity index (χ2v) is 7.11. The Bertz CT molecular complexity index is 1150. The topological polar surface area (TPSA) is 102 Å². The second-order valence-electron chi connectivity index (χ2n) is 7.11. The third-order valence-corrected chi connectivity index (χ3v) is 4.81. The van der Waals surface area contributed by atoms with Gasteiger partial charge >= 0.3 is 6.18 Å². The molecule has 0 fully saturated rings. The summed E-state index contributed by atoms with van der Waals surface area (Å²) < 4.78 is 53.5. The third-order valence-electron chi connectivity index (χ3n) is 4.81. The number of nitro groups is 1. The summed E-state index contributed by atoms with van der Waals surface area (Å²) in [5.74, 6) is -0.387. The van der Waals surface area contributed by atoms with E-state index in [0.29, 0.717) is 17.5 Å². The van der Waals surface area contributed by atoms with Gasteiger partial charge in [-0.15, -0.1) is 0 Å².